The molecule has 10 heteroatoms. The fourth-order valence-electron chi connectivity index (χ4n) is 2.10. The van der Waals surface area contributed by atoms with Gasteiger partial charge in [-0.25, -0.2) is 4.79 Å². The number of benzene rings is 1. The second-order valence-electron chi connectivity index (χ2n) is 4.84. The molecule has 0 spiro atoms. The van der Waals surface area contributed by atoms with Gasteiger partial charge in [-0.2, -0.15) is 18.4 Å². The normalized spacial score (nSPS) is 12.9. The summed E-state index contributed by atoms with van der Waals surface area (Å²) in [4.78, 5) is 12.3. The van der Waals surface area contributed by atoms with Gasteiger partial charge >= 0.3 is 11.9 Å². The SMILES string of the molecule is N#CCn1c(Br)c(-c2ccc(Cl)cc2)n(C[C@H](O)C(F)(F)F)c1=O. The number of imidazole rings is 1. The number of nitriles is 1. The van der Waals surface area contributed by atoms with Crippen molar-refractivity contribution in [2.75, 3.05) is 0 Å². The Balaban J connectivity index is 2.63. The van der Waals surface area contributed by atoms with Crippen LogP contribution < -0.4 is 5.69 Å². The average molecular weight is 425 g/mol. The van der Waals surface area contributed by atoms with Crippen LogP contribution in [0.4, 0.5) is 13.2 Å². The maximum absolute atomic E-state index is 12.7. The first-order valence-electron chi connectivity index (χ1n) is 6.53. The van der Waals surface area contributed by atoms with Crippen molar-refractivity contribution in [3.63, 3.8) is 0 Å². The third kappa shape index (κ3) is 3.66. The molecule has 0 aliphatic heterocycles. The Kier molecular flexibility index (Phi) is 5.42. The van der Waals surface area contributed by atoms with Crippen LogP contribution in [-0.2, 0) is 13.1 Å². The lowest BCUT2D eigenvalue weighted by Crippen LogP contribution is -2.37. The second kappa shape index (κ2) is 7.01. The minimum Gasteiger partial charge on any atom is -0.382 e. The molecule has 0 saturated carbocycles. The molecule has 1 aromatic heterocycles. The lowest BCUT2D eigenvalue weighted by atomic mass is 10.1. The molecule has 1 N–H and O–H groups in total. The molecule has 0 unspecified atom stereocenters. The molecule has 1 heterocycles. The maximum Gasteiger partial charge on any atom is 0.416 e. The Morgan fingerprint density at radius 3 is 2.38 bits per heavy atom. The number of halogens is 5. The van der Waals surface area contributed by atoms with E-state index in [0.29, 0.717) is 10.6 Å². The molecule has 0 radical (unpaired) electrons. The number of hydrogen-bond donors (Lipinski definition) is 1. The van der Waals surface area contributed by atoms with Gasteiger partial charge in [0.05, 0.1) is 18.3 Å². The van der Waals surface area contributed by atoms with Gasteiger partial charge in [-0.1, -0.05) is 23.7 Å². The van der Waals surface area contributed by atoms with E-state index in [1.54, 1.807) is 6.07 Å². The van der Waals surface area contributed by atoms with Crippen molar-refractivity contribution in [3.05, 3.63) is 44.4 Å². The zero-order valence-electron chi connectivity index (χ0n) is 11.9. The molecular formula is C14H10BrClF3N3O2. The molecule has 0 amide bonds. The van der Waals surface area contributed by atoms with Gasteiger partial charge in [0.15, 0.2) is 6.10 Å². The summed E-state index contributed by atoms with van der Waals surface area (Å²) in [6, 6.07) is 7.84. The van der Waals surface area contributed by atoms with Crippen molar-refractivity contribution in [1.82, 2.24) is 9.13 Å². The van der Waals surface area contributed by atoms with Crippen molar-refractivity contribution in [1.29, 1.82) is 5.26 Å². The average Bonchev–Trinajstić information content (AvgIpc) is 2.72. The highest BCUT2D eigenvalue weighted by atomic mass is 79.9. The highest BCUT2D eigenvalue weighted by molar-refractivity contribution is 9.10. The van der Waals surface area contributed by atoms with Gasteiger partial charge in [0.25, 0.3) is 0 Å². The molecule has 1 atom stereocenters. The maximum atomic E-state index is 12.7. The van der Waals surface area contributed by atoms with Crippen molar-refractivity contribution in [2.45, 2.75) is 25.4 Å². The molecule has 2 rings (SSSR count). The Labute approximate surface area is 147 Å². The van der Waals surface area contributed by atoms with Gasteiger partial charge < -0.3 is 5.11 Å². The molecule has 0 aliphatic rings. The summed E-state index contributed by atoms with van der Waals surface area (Å²) in [7, 11) is 0. The molecule has 0 saturated heterocycles. The summed E-state index contributed by atoms with van der Waals surface area (Å²) in [5, 5.41) is 18.5. The molecule has 5 nitrogen and oxygen atoms in total. The van der Waals surface area contributed by atoms with Crippen LogP contribution in [0.25, 0.3) is 11.3 Å². The second-order valence-corrected chi connectivity index (χ2v) is 6.03. The van der Waals surface area contributed by atoms with Gasteiger partial charge in [0.2, 0.25) is 0 Å². The number of hydrogen-bond acceptors (Lipinski definition) is 3. The van der Waals surface area contributed by atoms with Crippen LogP contribution in [0.3, 0.4) is 0 Å². The predicted molar refractivity (Wildman–Crippen MR) is 84.5 cm³/mol. The van der Waals surface area contributed by atoms with E-state index in [0.717, 1.165) is 9.13 Å². The topological polar surface area (TPSA) is 70.9 Å². The van der Waals surface area contributed by atoms with Crippen LogP contribution in [0.1, 0.15) is 0 Å². The van der Waals surface area contributed by atoms with E-state index in [1.165, 1.54) is 24.3 Å². The number of aliphatic hydroxyl groups is 1. The quantitative estimate of drug-likeness (QED) is 0.819. The summed E-state index contributed by atoms with van der Waals surface area (Å²) in [6.07, 6.45) is -7.59. The summed E-state index contributed by atoms with van der Waals surface area (Å²) >= 11 is 8.94. The fourth-order valence-corrected chi connectivity index (χ4v) is 2.95. The number of nitrogens with zero attached hydrogens (tertiary/aromatic N) is 3. The molecule has 128 valence electrons. The zero-order chi connectivity index (χ0) is 18.1. The first kappa shape index (κ1) is 18.6. The van der Waals surface area contributed by atoms with E-state index >= 15 is 0 Å². The Morgan fingerprint density at radius 2 is 1.88 bits per heavy atom. The minimum atomic E-state index is -4.87. The Hall–Kier alpha value is -1.76. The van der Waals surface area contributed by atoms with Crippen molar-refractivity contribution >= 4 is 27.5 Å². The molecule has 0 aliphatic carbocycles. The predicted octanol–water partition coefficient (Wildman–Crippen LogP) is 3.18. The fraction of sp³-hybridized carbons (Fsp3) is 0.286. The molecule has 1 aromatic carbocycles. The summed E-state index contributed by atoms with van der Waals surface area (Å²) in [5.41, 5.74) is -0.304. The van der Waals surface area contributed by atoms with Crippen LogP contribution in [0.5, 0.6) is 0 Å². The van der Waals surface area contributed by atoms with E-state index in [4.69, 9.17) is 16.9 Å². The van der Waals surface area contributed by atoms with Gasteiger partial charge in [-0.05, 0) is 28.1 Å². The smallest absolute Gasteiger partial charge is 0.382 e. The van der Waals surface area contributed by atoms with E-state index in [-0.39, 0.29) is 16.8 Å². The third-order valence-corrected chi connectivity index (χ3v) is 4.30. The zero-order valence-corrected chi connectivity index (χ0v) is 14.2. The number of aliphatic hydroxyl groups excluding tert-OH is 1. The molecule has 0 bridgehead atoms. The highest BCUT2D eigenvalue weighted by Gasteiger charge is 2.39. The van der Waals surface area contributed by atoms with Crippen molar-refractivity contribution < 1.29 is 18.3 Å². The van der Waals surface area contributed by atoms with Crippen LogP contribution in [0, 0.1) is 11.3 Å². The minimum absolute atomic E-state index is 0.121. The Bertz CT molecular complexity index is 837. The summed E-state index contributed by atoms with van der Waals surface area (Å²) in [5.74, 6) is 0. The molecule has 24 heavy (non-hydrogen) atoms. The number of alkyl halides is 3. The van der Waals surface area contributed by atoms with Gasteiger partial charge in [0, 0.05) is 10.6 Å². The number of rotatable bonds is 4. The first-order valence-corrected chi connectivity index (χ1v) is 7.70. The largest absolute Gasteiger partial charge is 0.416 e. The van der Waals surface area contributed by atoms with Crippen LogP contribution >= 0.6 is 27.5 Å². The monoisotopic (exact) mass is 423 g/mol. The summed E-state index contributed by atoms with van der Waals surface area (Å²) in [6.45, 7) is -1.34. The van der Waals surface area contributed by atoms with Crippen molar-refractivity contribution in [2.24, 2.45) is 0 Å². The third-order valence-electron chi connectivity index (χ3n) is 3.24. The molecule has 0 fully saturated rings. The van der Waals surface area contributed by atoms with E-state index in [9.17, 15) is 23.1 Å². The summed E-state index contributed by atoms with van der Waals surface area (Å²) < 4.78 is 39.9. The molecule has 2 aromatic rings. The van der Waals surface area contributed by atoms with E-state index in [1.807, 2.05) is 0 Å². The van der Waals surface area contributed by atoms with Crippen LogP contribution in [-0.4, -0.2) is 26.5 Å². The number of aromatic nitrogens is 2. The van der Waals surface area contributed by atoms with E-state index in [2.05, 4.69) is 15.9 Å². The standard InChI is InChI=1S/C14H10BrClF3N3O2/c15-12-11(8-1-3-9(16)4-2-8)22(7-10(23)14(17,18)19)13(24)21(12)6-5-20/h1-4,10,23H,6-7H2/t10-/m0/s1. The van der Waals surface area contributed by atoms with Gasteiger partial charge in [0.1, 0.15) is 11.1 Å². The highest BCUT2D eigenvalue weighted by Crippen LogP contribution is 2.30. The van der Waals surface area contributed by atoms with Crippen molar-refractivity contribution in [3.8, 4) is 17.3 Å². The molecular weight excluding hydrogens is 415 g/mol. The lowest BCUT2D eigenvalue weighted by molar-refractivity contribution is -0.207. The van der Waals surface area contributed by atoms with Gasteiger partial charge in [-0.3, -0.25) is 9.13 Å². The van der Waals surface area contributed by atoms with Crippen LogP contribution in [0.2, 0.25) is 5.02 Å². The van der Waals surface area contributed by atoms with Gasteiger partial charge in [-0.15, -0.1) is 0 Å². The van der Waals surface area contributed by atoms with E-state index < -0.39 is 24.5 Å². The van der Waals surface area contributed by atoms with Crippen LogP contribution in [0.15, 0.2) is 33.7 Å². The lowest BCUT2D eigenvalue weighted by Gasteiger charge is -2.16. The first-order chi connectivity index (χ1) is 11.2. The Morgan fingerprint density at radius 1 is 1.29 bits per heavy atom.